The molecule has 1 saturated heterocycles. The number of methoxy groups -OCH3 is 1. The fourth-order valence-electron chi connectivity index (χ4n) is 3.03. The summed E-state index contributed by atoms with van der Waals surface area (Å²) in [5, 5.41) is 2.96. The summed E-state index contributed by atoms with van der Waals surface area (Å²) >= 11 is 0. The maximum absolute atomic E-state index is 12.1. The zero-order valence-electron chi connectivity index (χ0n) is 14.2. The van der Waals surface area contributed by atoms with Gasteiger partial charge in [-0.3, -0.25) is 9.69 Å². The lowest BCUT2D eigenvalue weighted by Gasteiger charge is -2.24. The van der Waals surface area contributed by atoms with Crippen LogP contribution in [0.4, 0.5) is 0 Å². The van der Waals surface area contributed by atoms with E-state index in [1.807, 2.05) is 19.1 Å². The van der Waals surface area contributed by atoms with Crippen molar-refractivity contribution in [3.8, 4) is 5.75 Å². The number of carbonyl (C=O) groups is 1. The molecule has 0 aromatic heterocycles. The van der Waals surface area contributed by atoms with Crippen LogP contribution in [0.15, 0.2) is 24.3 Å². The zero-order chi connectivity index (χ0) is 16.5. The number of ether oxygens (including phenoxy) is 2. The highest BCUT2D eigenvalue weighted by Crippen LogP contribution is 2.32. The zero-order valence-corrected chi connectivity index (χ0v) is 14.2. The van der Waals surface area contributed by atoms with Gasteiger partial charge in [-0.15, -0.1) is 0 Å². The molecule has 1 fully saturated rings. The number of hydrogen-bond acceptors (Lipinski definition) is 4. The number of nitrogens with zero attached hydrogens (tertiary/aromatic N) is 1. The van der Waals surface area contributed by atoms with E-state index in [2.05, 4.69) is 22.3 Å². The topological polar surface area (TPSA) is 50.8 Å². The molecular weight excluding hydrogens is 292 g/mol. The predicted octanol–water partition coefficient (Wildman–Crippen LogP) is 2.37. The van der Waals surface area contributed by atoms with Crippen LogP contribution in [0.25, 0.3) is 0 Å². The molecule has 1 unspecified atom stereocenters. The van der Waals surface area contributed by atoms with E-state index < -0.39 is 0 Å². The average Bonchev–Trinajstić information content (AvgIpc) is 3.01. The number of rotatable bonds is 9. The van der Waals surface area contributed by atoms with E-state index in [-0.39, 0.29) is 5.91 Å². The van der Waals surface area contributed by atoms with Crippen LogP contribution in [0, 0.1) is 0 Å². The molecular formula is C18H28N2O3. The van der Waals surface area contributed by atoms with Crippen LogP contribution in [0.5, 0.6) is 5.75 Å². The van der Waals surface area contributed by atoms with Crippen LogP contribution in [-0.2, 0) is 9.53 Å². The van der Waals surface area contributed by atoms with Gasteiger partial charge in [0.1, 0.15) is 5.75 Å². The predicted molar refractivity (Wildman–Crippen MR) is 90.7 cm³/mol. The monoisotopic (exact) mass is 320 g/mol. The Hall–Kier alpha value is -1.59. The molecule has 128 valence electrons. The smallest absolute Gasteiger partial charge is 0.234 e. The van der Waals surface area contributed by atoms with E-state index in [4.69, 9.17) is 9.47 Å². The lowest BCUT2D eigenvalue weighted by Crippen LogP contribution is -2.37. The summed E-state index contributed by atoms with van der Waals surface area (Å²) in [6, 6.07) is 8.59. The third-order valence-electron chi connectivity index (χ3n) is 4.13. The van der Waals surface area contributed by atoms with Crippen molar-refractivity contribution in [2.24, 2.45) is 0 Å². The van der Waals surface area contributed by atoms with Gasteiger partial charge in [-0.25, -0.2) is 0 Å². The highest BCUT2D eigenvalue weighted by atomic mass is 16.5. The lowest BCUT2D eigenvalue weighted by atomic mass is 10.0. The molecule has 1 amide bonds. The largest absolute Gasteiger partial charge is 0.494 e. The molecule has 1 aromatic rings. The van der Waals surface area contributed by atoms with Gasteiger partial charge in [-0.05, 0) is 50.4 Å². The van der Waals surface area contributed by atoms with Crippen molar-refractivity contribution in [1.29, 1.82) is 0 Å². The van der Waals surface area contributed by atoms with Gasteiger partial charge >= 0.3 is 0 Å². The Kier molecular flexibility index (Phi) is 7.36. The number of carbonyl (C=O) groups excluding carboxylic acids is 1. The summed E-state index contributed by atoms with van der Waals surface area (Å²) in [7, 11) is 1.67. The molecule has 1 N–H and O–H groups in total. The molecule has 0 bridgehead atoms. The Labute approximate surface area is 139 Å². The third-order valence-corrected chi connectivity index (χ3v) is 4.13. The van der Waals surface area contributed by atoms with E-state index in [1.165, 1.54) is 5.56 Å². The maximum atomic E-state index is 12.1. The molecule has 1 heterocycles. The van der Waals surface area contributed by atoms with Gasteiger partial charge < -0.3 is 14.8 Å². The fourth-order valence-corrected chi connectivity index (χ4v) is 3.03. The van der Waals surface area contributed by atoms with Gasteiger partial charge in [0.05, 0.1) is 13.2 Å². The number of benzene rings is 1. The summed E-state index contributed by atoms with van der Waals surface area (Å²) in [6.07, 6.45) is 3.09. The van der Waals surface area contributed by atoms with Crippen molar-refractivity contribution >= 4 is 5.91 Å². The SMILES string of the molecule is CCOc1ccc(C2CCCN2CC(=O)NCCCOC)cc1. The molecule has 1 aromatic carbocycles. The Bertz CT molecular complexity index is 476. The second kappa shape index (κ2) is 9.53. The normalized spacial score (nSPS) is 18.1. The summed E-state index contributed by atoms with van der Waals surface area (Å²) in [5.74, 6) is 0.996. The Morgan fingerprint density at radius 3 is 2.83 bits per heavy atom. The molecule has 0 radical (unpaired) electrons. The quantitative estimate of drug-likeness (QED) is 0.710. The van der Waals surface area contributed by atoms with Crippen LogP contribution in [0.2, 0.25) is 0 Å². The standard InChI is InChI=1S/C18H28N2O3/c1-3-23-16-9-7-15(8-10-16)17-6-4-12-20(17)14-18(21)19-11-5-13-22-2/h7-10,17H,3-6,11-14H2,1-2H3,(H,19,21). The first-order valence-corrected chi connectivity index (χ1v) is 8.47. The Balaban J connectivity index is 1.85. The summed E-state index contributed by atoms with van der Waals surface area (Å²) in [6.45, 7) is 5.46. The minimum atomic E-state index is 0.0962. The Morgan fingerprint density at radius 1 is 1.35 bits per heavy atom. The second-order valence-electron chi connectivity index (χ2n) is 5.83. The van der Waals surface area contributed by atoms with E-state index in [1.54, 1.807) is 7.11 Å². The molecule has 0 aliphatic carbocycles. The van der Waals surface area contributed by atoms with Crippen molar-refractivity contribution in [3.05, 3.63) is 29.8 Å². The van der Waals surface area contributed by atoms with E-state index in [9.17, 15) is 4.79 Å². The Morgan fingerprint density at radius 2 is 2.13 bits per heavy atom. The van der Waals surface area contributed by atoms with E-state index >= 15 is 0 Å². The minimum absolute atomic E-state index is 0.0962. The van der Waals surface area contributed by atoms with Crippen molar-refractivity contribution < 1.29 is 14.3 Å². The first kappa shape index (κ1) is 17.8. The van der Waals surface area contributed by atoms with Gasteiger partial charge in [0.25, 0.3) is 0 Å². The number of amides is 1. The highest BCUT2D eigenvalue weighted by molar-refractivity contribution is 5.78. The summed E-state index contributed by atoms with van der Waals surface area (Å²) < 4.78 is 10.5. The van der Waals surface area contributed by atoms with Crippen LogP contribution < -0.4 is 10.1 Å². The molecule has 2 rings (SSSR count). The lowest BCUT2D eigenvalue weighted by molar-refractivity contribution is -0.122. The molecule has 1 aliphatic heterocycles. The molecule has 5 nitrogen and oxygen atoms in total. The minimum Gasteiger partial charge on any atom is -0.494 e. The van der Waals surface area contributed by atoms with Crippen LogP contribution in [-0.4, -0.2) is 50.8 Å². The molecule has 1 aliphatic rings. The van der Waals surface area contributed by atoms with E-state index in [0.717, 1.165) is 31.6 Å². The number of nitrogens with one attached hydrogen (secondary N) is 1. The van der Waals surface area contributed by atoms with Crippen LogP contribution in [0.3, 0.4) is 0 Å². The van der Waals surface area contributed by atoms with Crippen molar-refractivity contribution in [2.45, 2.75) is 32.2 Å². The van der Waals surface area contributed by atoms with Gasteiger partial charge in [0.2, 0.25) is 5.91 Å². The molecule has 0 saturated carbocycles. The second-order valence-corrected chi connectivity index (χ2v) is 5.83. The summed E-state index contributed by atoms with van der Waals surface area (Å²) in [5.41, 5.74) is 1.26. The molecule has 5 heteroatoms. The first-order valence-electron chi connectivity index (χ1n) is 8.47. The van der Waals surface area contributed by atoms with Gasteiger partial charge in [-0.2, -0.15) is 0 Å². The van der Waals surface area contributed by atoms with Crippen molar-refractivity contribution in [1.82, 2.24) is 10.2 Å². The average molecular weight is 320 g/mol. The molecule has 1 atom stereocenters. The number of hydrogen-bond donors (Lipinski definition) is 1. The fraction of sp³-hybridized carbons (Fsp3) is 0.611. The van der Waals surface area contributed by atoms with Gasteiger partial charge in [0.15, 0.2) is 0 Å². The van der Waals surface area contributed by atoms with Crippen LogP contribution in [0.1, 0.15) is 37.8 Å². The van der Waals surface area contributed by atoms with Gasteiger partial charge in [0, 0.05) is 26.3 Å². The molecule has 23 heavy (non-hydrogen) atoms. The summed E-state index contributed by atoms with van der Waals surface area (Å²) in [4.78, 5) is 14.3. The number of likely N-dealkylation sites (tertiary alicyclic amines) is 1. The van der Waals surface area contributed by atoms with E-state index in [0.29, 0.717) is 32.3 Å². The van der Waals surface area contributed by atoms with Crippen LogP contribution >= 0.6 is 0 Å². The maximum Gasteiger partial charge on any atom is 0.234 e. The van der Waals surface area contributed by atoms with Crippen molar-refractivity contribution in [3.63, 3.8) is 0 Å². The highest BCUT2D eigenvalue weighted by Gasteiger charge is 2.27. The third kappa shape index (κ3) is 5.52. The van der Waals surface area contributed by atoms with Crippen molar-refractivity contribution in [2.75, 3.05) is 40.0 Å². The molecule has 0 spiro atoms. The van der Waals surface area contributed by atoms with Gasteiger partial charge in [-0.1, -0.05) is 12.1 Å². The first-order chi connectivity index (χ1) is 11.2.